The van der Waals surface area contributed by atoms with Crippen LogP contribution in [-0.4, -0.2) is 17.3 Å². The lowest BCUT2D eigenvalue weighted by Crippen LogP contribution is -2.43. The highest BCUT2D eigenvalue weighted by molar-refractivity contribution is 8.00. The lowest BCUT2D eigenvalue weighted by Gasteiger charge is -2.37. The van der Waals surface area contributed by atoms with Gasteiger partial charge in [0.2, 0.25) is 0 Å². The maximum atomic E-state index is 13.1. The number of nitrogens with one attached hydrogen (secondary N) is 2. The predicted octanol–water partition coefficient (Wildman–Crippen LogP) is 8.74. The van der Waals surface area contributed by atoms with Gasteiger partial charge in [-0.3, -0.25) is 0 Å². The summed E-state index contributed by atoms with van der Waals surface area (Å²) in [5.41, 5.74) is 5.42. The third-order valence-corrected chi connectivity index (χ3v) is 8.41. The average Bonchev–Trinajstić information content (AvgIpc) is 2.89. The summed E-state index contributed by atoms with van der Waals surface area (Å²) in [6.07, 6.45) is 7.66. The number of carbonyl (C=O) groups excluding carboxylic acids is 1. The van der Waals surface area contributed by atoms with Crippen molar-refractivity contribution in [1.29, 1.82) is 0 Å². The van der Waals surface area contributed by atoms with Gasteiger partial charge in [-0.1, -0.05) is 112 Å². The van der Waals surface area contributed by atoms with Crippen LogP contribution in [0.5, 0.6) is 0 Å². The van der Waals surface area contributed by atoms with Crippen molar-refractivity contribution in [3.63, 3.8) is 0 Å². The number of para-hydroxylation sites is 1. The Kier molecular flexibility index (Phi) is 8.35. The minimum Gasteiger partial charge on any atom is -0.336 e. The first-order valence-electron chi connectivity index (χ1n) is 12.6. The maximum Gasteiger partial charge on any atom is 0.319 e. The molecule has 0 heterocycles. The van der Waals surface area contributed by atoms with Gasteiger partial charge in [0.1, 0.15) is 0 Å². The molecule has 0 unspecified atom stereocenters. The Morgan fingerprint density at radius 1 is 0.971 bits per heavy atom. The zero-order chi connectivity index (χ0) is 24.7. The van der Waals surface area contributed by atoms with Gasteiger partial charge in [0, 0.05) is 16.2 Å². The monoisotopic (exact) mass is 484 g/mol. The van der Waals surface area contributed by atoms with Gasteiger partial charge in [0.15, 0.2) is 0 Å². The lowest BCUT2D eigenvalue weighted by atomic mass is 9.88. The second kappa shape index (κ2) is 11.6. The number of hydrogen-bond acceptors (Lipinski definition) is 2. The normalized spacial score (nSPS) is 14.9. The molecule has 0 aliphatic heterocycles. The van der Waals surface area contributed by atoms with Crippen LogP contribution >= 0.6 is 11.8 Å². The molecule has 0 atom stereocenters. The molecule has 3 aromatic rings. The standard InChI is InChI=1S/C31H36N2OS/c1-4-24-16-13-18-26(23(2)3)29(24)33-30(34)32-22-31(20-11-6-12-21-31)35-28-19-10-9-17-27(28)25-14-7-5-8-15-25/h4-5,7-10,13-19,23H,1,6,11-12,20-22H2,2-3H3,(H2,32,33,34). The Morgan fingerprint density at radius 2 is 1.69 bits per heavy atom. The minimum atomic E-state index is -0.150. The molecule has 3 aromatic carbocycles. The van der Waals surface area contributed by atoms with Crippen LogP contribution in [0.2, 0.25) is 0 Å². The largest absolute Gasteiger partial charge is 0.336 e. The first-order valence-corrected chi connectivity index (χ1v) is 13.5. The Bertz CT molecular complexity index is 1150. The summed E-state index contributed by atoms with van der Waals surface area (Å²) >= 11 is 1.94. The number of benzene rings is 3. The molecule has 0 radical (unpaired) electrons. The molecular formula is C31H36N2OS. The number of carbonyl (C=O) groups is 1. The Morgan fingerprint density at radius 3 is 2.40 bits per heavy atom. The average molecular weight is 485 g/mol. The predicted molar refractivity (Wildman–Crippen MR) is 151 cm³/mol. The third-order valence-electron chi connectivity index (χ3n) is 6.84. The SMILES string of the molecule is C=Cc1cccc(C(C)C)c1NC(=O)NCC1(Sc2ccccc2-c2ccccc2)CCCCC1. The molecule has 4 heteroatoms. The zero-order valence-electron chi connectivity index (χ0n) is 20.8. The number of anilines is 1. The van der Waals surface area contributed by atoms with Crippen LogP contribution in [-0.2, 0) is 0 Å². The van der Waals surface area contributed by atoms with E-state index in [9.17, 15) is 4.79 Å². The van der Waals surface area contributed by atoms with Crippen LogP contribution in [0.15, 0.2) is 84.3 Å². The molecule has 1 fully saturated rings. The van der Waals surface area contributed by atoms with Crippen LogP contribution < -0.4 is 10.6 Å². The highest BCUT2D eigenvalue weighted by Crippen LogP contribution is 2.46. The van der Waals surface area contributed by atoms with Gasteiger partial charge in [-0.15, -0.1) is 11.8 Å². The van der Waals surface area contributed by atoms with E-state index in [0.29, 0.717) is 12.5 Å². The molecule has 3 nitrogen and oxygen atoms in total. The van der Waals surface area contributed by atoms with Gasteiger partial charge in [0.05, 0.1) is 5.69 Å². The molecule has 1 aliphatic carbocycles. The van der Waals surface area contributed by atoms with E-state index in [4.69, 9.17) is 0 Å². The smallest absolute Gasteiger partial charge is 0.319 e. The Hall–Kier alpha value is -2.98. The first kappa shape index (κ1) is 25.1. The van der Waals surface area contributed by atoms with E-state index in [-0.39, 0.29) is 10.8 Å². The van der Waals surface area contributed by atoms with Crippen LogP contribution in [0.25, 0.3) is 17.2 Å². The van der Waals surface area contributed by atoms with E-state index < -0.39 is 0 Å². The maximum absolute atomic E-state index is 13.1. The number of urea groups is 1. The van der Waals surface area contributed by atoms with Gasteiger partial charge in [0.25, 0.3) is 0 Å². The number of amides is 2. The molecule has 182 valence electrons. The van der Waals surface area contributed by atoms with Gasteiger partial charge >= 0.3 is 6.03 Å². The van der Waals surface area contributed by atoms with Gasteiger partial charge < -0.3 is 10.6 Å². The number of rotatable bonds is 8. The van der Waals surface area contributed by atoms with E-state index in [2.05, 4.69) is 91.7 Å². The molecule has 0 saturated heterocycles. The van der Waals surface area contributed by atoms with Crippen LogP contribution in [0, 0.1) is 0 Å². The summed E-state index contributed by atoms with van der Waals surface area (Å²) in [4.78, 5) is 14.4. The number of thioether (sulfide) groups is 1. The number of hydrogen-bond donors (Lipinski definition) is 2. The van der Waals surface area contributed by atoms with Crippen molar-refractivity contribution >= 4 is 29.6 Å². The summed E-state index contributed by atoms with van der Waals surface area (Å²) in [6.45, 7) is 8.86. The van der Waals surface area contributed by atoms with Crippen molar-refractivity contribution in [2.24, 2.45) is 0 Å². The van der Waals surface area contributed by atoms with Crippen LogP contribution in [0.1, 0.15) is 63.0 Å². The lowest BCUT2D eigenvalue weighted by molar-refractivity contribution is 0.249. The van der Waals surface area contributed by atoms with E-state index in [0.717, 1.165) is 29.7 Å². The van der Waals surface area contributed by atoms with Crippen molar-refractivity contribution in [2.45, 2.75) is 61.5 Å². The summed E-state index contributed by atoms with van der Waals surface area (Å²) in [6, 6.07) is 25.2. The Balaban J connectivity index is 1.53. The van der Waals surface area contributed by atoms with Crippen molar-refractivity contribution in [2.75, 3.05) is 11.9 Å². The molecule has 2 N–H and O–H groups in total. The second-order valence-electron chi connectivity index (χ2n) is 9.69. The molecule has 35 heavy (non-hydrogen) atoms. The molecule has 0 bridgehead atoms. The fraction of sp³-hybridized carbons (Fsp3) is 0.323. The zero-order valence-corrected chi connectivity index (χ0v) is 21.7. The van der Waals surface area contributed by atoms with Gasteiger partial charge in [-0.25, -0.2) is 4.79 Å². The quantitative estimate of drug-likeness (QED) is 0.335. The van der Waals surface area contributed by atoms with Crippen molar-refractivity contribution in [3.05, 3.63) is 90.5 Å². The van der Waals surface area contributed by atoms with Gasteiger partial charge in [-0.2, -0.15) is 0 Å². The van der Waals surface area contributed by atoms with Crippen LogP contribution in [0.4, 0.5) is 10.5 Å². The Labute approximate surface area is 214 Å². The first-order chi connectivity index (χ1) is 17.0. The molecule has 0 spiro atoms. The van der Waals surface area contributed by atoms with Crippen molar-refractivity contribution in [1.82, 2.24) is 5.32 Å². The summed E-state index contributed by atoms with van der Waals surface area (Å²) < 4.78 is -0.0146. The summed E-state index contributed by atoms with van der Waals surface area (Å²) in [5.74, 6) is 0.305. The van der Waals surface area contributed by atoms with Crippen molar-refractivity contribution < 1.29 is 4.79 Å². The van der Waals surface area contributed by atoms with E-state index in [1.54, 1.807) is 6.08 Å². The van der Waals surface area contributed by atoms with Crippen LogP contribution in [0.3, 0.4) is 0 Å². The van der Waals surface area contributed by atoms with Crippen molar-refractivity contribution in [3.8, 4) is 11.1 Å². The van der Waals surface area contributed by atoms with E-state index >= 15 is 0 Å². The fourth-order valence-electron chi connectivity index (χ4n) is 4.94. The summed E-state index contributed by atoms with van der Waals surface area (Å²) in [5, 5.41) is 6.37. The minimum absolute atomic E-state index is 0.0146. The second-order valence-corrected chi connectivity index (χ2v) is 11.2. The fourth-order valence-corrected chi connectivity index (χ4v) is 6.49. The molecular weight excluding hydrogens is 448 g/mol. The molecule has 4 rings (SSSR count). The molecule has 1 aliphatic rings. The summed E-state index contributed by atoms with van der Waals surface area (Å²) in [7, 11) is 0. The van der Waals surface area contributed by atoms with E-state index in [1.807, 2.05) is 23.9 Å². The van der Waals surface area contributed by atoms with Gasteiger partial charge in [-0.05, 0) is 47.1 Å². The van der Waals surface area contributed by atoms with E-state index in [1.165, 1.54) is 35.3 Å². The molecule has 1 saturated carbocycles. The highest BCUT2D eigenvalue weighted by atomic mass is 32.2. The topological polar surface area (TPSA) is 41.1 Å². The molecule has 0 aromatic heterocycles. The highest BCUT2D eigenvalue weighted by Gasteiger charge is 2.34. The molecule has 2 amide bonds. The third kappa shape index (κ3) is 6.18.